The molecular weight excluding hydrogens is 475 g/mol. The van der Waals surface area contributed by atoms with E-state index in [9.17, 15) is 0 Å². The Morgan fingerprint density at radius 3 is 2.86 bits per heavy atom. The molecule has 11 nitrogen and oxygen atoms in total. The van der Waals surface area contributed by atoms with Gasteiger partial charge in [-0.15, -0.1) is 0 Å². The Kier molecular flexibility index (Phi) is 5.52. The molecule has 4 aromatic heterocycles. The first-order valence-corrected chi connectivity index (χ1v) is 11.9. The third-order valence-electron chi connectivity index (χ3n) is 6.29. The lowest BCUT2D eigenvalue weighted by atomic mass is 10.0. The number of fused-ring (bicyclic) bond motifs is 2. The van der Waals surface area contributed by atoms with E-state index in [-0.39, 0.29) is 11.2 Å². The second kappa shape index (κ2) is 8.89. The van der Waals surface area contributed by atoms with Crippen molar-refractivity contribution in [3.8, 4) is 11.5 Å². The Labute approximate surface area is 211 Å². The summed E-state index contributed by atoms with van der Waals surface area (Å²) in [4.78, 5) is 24.2. The van der Waals surface area contributed by atoms with Crippen molar-refractivity contribution < 1.29 is 9.13 Å². The second-order valence-corrected chi connectivity index (χ2v) is 9.56. The molecule has 1 aromatic carbocycles. The molecule has 1 saturated heterocycles. The molecule has 6 rings (SSSR count). The van der Waals surface area contributed by atoms with Gasteiger partial charge in [-0.2, -0.15) is 5.10 Å². The van der Waals surface area contributed by atoms with Gasteiger partial charge in [0.1, 0.15) is 35.2 Å². The highest BCUT2D eigenvalue weighted by atomic mass is 19.1. The van der Waals surface area contributed by atoms with Crippen LogP contribution in [0.3, 0.4) is 0 Å². The zero-order valence-electron chi connectivity index (χ0n) is 20.6. The number of nitrogens with one attached hydrogen (secondary N) is 2. The van der Waals surface area contributed by atoms with Crippen LogP contribution < -0.4 is 20.3 Å². The summed E-state index contributed by atoms with van der Waals surface area (Å²) in [5, 5.41) is 10.6. The van der Waals surface area contributed by atoms with Crippen LogP contribution in [-0.4, -0.2) is 59.7 Å². The molecule has 0 saturated carbocycles. The lowest BCUT2D eigenvalue weighted by molar-refractivity contribution is 0.350. The van der Waals surface area contributed by atoms with Crippen molar-refractivity contribution in [3.05, 3.63) is 60.7 Å². The molecule has 5 aromatic rings. The molecule has 0 atom stereocenters. The molecule has 12 heteroatoms. The van der Waals surface area contributed by atoms with Gasteiger partial charge in [0, 0.05) is 43.0 Å². The number of hydrogen-bond acceptors (Lipinski definition) is 10. The van der Waals surface area contributed by atoms with Crippen LogP contribution in [0.15, 0.2) is 49.3 Å². The topological polar surface area (TPSA) is 118 Å². The van der Waals surface area contributed by atoms with E-state index in [1.807, 2.05) is 0 Å². The summed E-state index contributed by atoms with van der Waals surface area (Å²) in [6, 6.07) is 6.80. The molecule has 2 N–H and O–H groups in total. The fourth-order valence-electron chi connectivity index (χ4n) is 4.39. The minimum Gasteiger partial charge on any atom is -0.457 e. The maximum absolute atomic E-state index is 15.4. The molecule has 0 spiro atoms. The number of anilines is 3. The van der Waals surface area contributed by atoms with Crippen molar-refractivity contribution in [2.75, 3.05) is 29.9 Å². The maximum atomic E-state index is 15.4. The Balaban J connectivity index is 1.29. The first-order valence-electron chi connectivity index (χ1n) is 11.9. The molecule has 37 heavy (non-hydrogen) atoms. The SMILES string of the molecule is Cc1c(Oc2ccn3ncnc3c2)ccc(Nc2ncnc3cnc(N4CCNC(C)(C)C4)nc23)c1F. The summed E-state index contributed by atoms with van der Waals surface area (Å²) in [6.07, 6.45) is 6.27. The van der Waals surface area contributed by atoms with Gasteiger partial charge >= 0.3 is 0 Å². The van der Waals surface area contributed by atoms with Gasteiger partial charge in [0.05, 0.1) is 11.9 Å². The summed E-state index contributed by atoms with van der Waals surface area (Å²) in [5.74, 6) is 1.46. The molecule has 0 radical (unpaired) electrons. The van der Waals surface area contributed by atoms with Gasteiger partial charge in [-0.05, 0) is 39.0 Å². The summed E-state index contributed by atoms with van der Waals surface area (Å²) in [7, 11) is 0. The number of pyridine rings is 1. The lowest BCUT2D eigenvalue weighted by Gasteiger charge is -2.39. The minimum atomic E-state index is -0.453. The van der Waals surface area contributed by atoms with E-state index in [1.165, 1.54) is 12.7 Å². The molecule has 1 aliphatic heterocycles. The first kappa shape index (κ1) is 23.0. The zero-order chi connectivity index (χ0) is 25.6. The van der Waals surface area contributed by atoms with E-state index in [1.54, 1.807) is 48.1 Å². The normalized spacial score (nSPS) is 15.3. The third kappa shape index (κ3) is 4.47. The van der Waals surface area contributed by atoms with Crippen LogP contribution in [0.2, 0.25) is 0 Å². The van der Waals surface area contributed by atoms with Crippen molar-refractivity contribution in [2.24, 2.45) is 0 Å². The number of rotatable bonds is 5. The molecule has 188 valence electrons. The predicted octanol–water partition coefficient (Wildman–Crippen LogP) is 3.63. The largest absolute Gasteiger partial charge is 0.457 e. The van der Waals surface area contributed by atoms with Gasteiger partial charge in [-0.25, -0.2) is 33.8 Å². The van der Waals surface area contributed by atoms with E-state index in [0.717, 1.165) is 19.6 Å². The van der Waals surface area contributed by atoms with Gasteiger partial charge in [0.25, 0.3) is 0 Å². The molecule has 0 aliphatic carbocycles. The van der Waals surface area contributed by atoms with Crippen LogP contribution in [0, 0.1) is 12.7 Å². The van der Waals surface area contributed by atoms with Crippen LogP contribution in [0.4, 0.5) is 21.8 Å². The highest BCUT2D eigenvalue weighted by Gasteiger charge is 2.27. The van der Waals surface area contributed by atoms with Gasteiger partial charge < -0.3 is 20.3 Å². The smallest absolute Gasteiger partial charge is 0.226 e. The second-order valence-electron chi connectivity index (χ2n) is 9.56. The third-order valence-corrected chi connectivity index (χ3v) is 6.29. The summed E-state index contributed by atoms with van der Waals surface area (Å²) in [5.41, 5.74) is 2.26. The van der Waals surface area contributed by atoms with Gasteiger partial charge in [0.15, 0.2) is 17.3 Å². The van der Waals surface area contributed by atoms with Crippen LogP contribution in [-0.2, 0) is 0 Å². The highest BCUT2D eigenvalue weighted by molar-refractivity contribution is 5.87. The number of benzene rings is 1. The van der Waals surface area contributed by atoms with Gasteiger partial charge in [0.2, 0.25) is 5.95 Å². The number of aromatic nitrogens is 7. The molecule has 5 heterocycles. The number of halogens is 1. The number of piperazine rings is 1. The average Bonchev–Trinajstić information content (AvgIpc) is 3.36. The summed E-state index contributed by atoms with van der Waals surface area (Å²) in [6.45, 7) is 8.31. The highest BCUT2D eigenvalue weighted by Crippen LogP contribution is 2.33. The fourth-order valence-corrected chi connectivity index (χ4v) is 4.39. The summed E-state index contributed by atoms with van der Waals surface area (Å²) >= 11 is 0. The van der Waals surface area contributed by atoms with Crippen LogP contribution in [0.25, 0.3) is 16.7 Å². The molecule has 0 bridgehead atoms. The van der Waals surface area contributed by atoms with Crippen molar-refractivity contribution in [1.29, 1.82) is 0 Å². The number of nitrogens with zero attached hydrogens (tertiary/aromatic N) is 8. The van der Waals surface area contributed by atoms with Crippen LogP contribution in [0.5, 0.6) is 11.5 Å². The minimum absolute atomic E-state index is 0.0590. The van der Waals surface area contributed by atoms with E-state index in [2.05, 4.69) is 54.4 Å². The van der Waals surface area contributed by atoms with Crippen molar-refractivity contribution in [2.45, 2.75) is 26.3 Å². The van der Waals surface area contributed by atoms with Crippen LogP contribution >= 0.6 is 0 Å². The Morgan fingerprint density at radius 2 is 2.00 bits per heavy atom. The summed E-state index contributed by atoms with van der Waals surface area (Å²) < 4.78 is 23.0. The molecular formula is C25H25FN10O. The van der Waals surface area contributed by atoms with E-state index >= 15 is 4.39 Å². The Bertz CT molecular complexity index is 1620. The van der Waals surface area contributed by atoms with Crippen molar-refractivity contribution in [3.63, 3.8) is 0 Å². The van der Waals surface area contributed by atoms with Crippen molar-refractivity contribution in [1.82, 2.24) is 39.9 Å². The first-order chi connectivity index (χ1) is 17.9. The fraction of sp³-hybridized carbons (Fsp3) is 0.280. The molecule has 0 unspecified atom stereocenters. The van der Waals surface area contributed by atoms with E-state index < -0.39 is 5.82 Å². The Morgan fingerprint density at radius 1 is 1.11 bits per heavy atom. The predicted molar refractivity (Wildman–Crippen MR) is 137 cm³/mol. The van der Waals surface area contributed by atoms with Gasteiger partial charge in [-0.3, -0.25) is 0 Å². The number of ether oxygens (including phenoxy) is 1. The molecule has 0 amide bonds. The average molecular weight is 501 g/mol. The monoisotopic (exact) mass is 500 g/mol. The van der Waals surface area contributed by atoms with Crippen LogP contribution in [0.1, 0.15) is 19.4 Å². The Hall–Kier alpha value is -4.45. The number of hydrogen-bond donors (Lipinski definition) is 2. The maximum Gasteiger partial charge on any atom is 0.226 e. The lowest BCUT2D eigenvalue weighted by Crippen LogP contribution is -2.57. The standard InChI is InChI=1S/C25H25FN10O/c1-15-19(37-16-6-8-36-20(10-16)29-14-32-36)5-4-17(21(15)26)33-23-22-18(28-13-30-23)11-27-24(34-22)35-9-7-31-25(2,3)12-35/h4-6,8,10-11,13-14,31H,7,9,12H2,1-3H3,(H,28,30,33). The van der Waals surface area contributed by atoms with E-state index in [4.69, 9.17) is 9.72 Å². The van der Waals surface area contributed by atoms with E-state index in [0.29, 0.717) is 45.5 Å². The molecule has 1 fully saturated rings. The van der Waals surface area contributed by atoms with Crippen molar-refractivity contribution >= 4 is 34.1 Å². The quantitative estimate of drug-likeness (QED) is 0.370. The zero-order valence-corrected chi connectivity index (χ0v) is 20.6. The van der Waals surface area contributed by atoms with Gasteiger partial charge in [-0.1, -0.05) is 0 Å². The molecule has 1 aliphatic rings.